The first-order chi connectivity index (χ1) is 13.9. The molecule has 29 heavy (non-hydrogen) atoms. The van der Waals surface area contributed by atoms with Crippen molar-refractivity contribution in [3.05, 3.63) is 48.5 Å². The molecule has 156 valence electrons. The van der Waals surface area contributed by atoms with Crippen LogP contribution in [0, 0.1) is 5.92 Å². The van der Waals surface area contributed by atoms with Gasteiger partial charge in [0.2, 0.25) is 15.9 Å². The molecule has 1 aliphatic heterocycles. The number of sulfonamides is 1. The lowest BCUT2D eigenvalue weighted by Gasteiger charge is -2.33. The Hall–Kier alpha value is -2.58. The molecule has 1 amide bonds. The molecule has 0 bridgehead atoms. The van der Waals surface area contributed by atoms with Crippen LogP contribution in [0.25, 0.3) is 0 Å². The molecule has 0 aromatic heterocycles. The second kappa shape index (κ2) is 8.84. The summed E-state index contributed by atoms with van der Waals surface area (Å²) in [5, 5.41) is 0. The van der Waals surface area contributed by atoms with Crippen molar-refractivity contribution >= 4 is 21.6 Å². The summed E-state index contributed by atoms with van der Waals surface area (Å²) in [6.07, 6.45) is 1.29. The zero-order valence-electron chi connectivity index (χ0n) is 16.9. The largest absolute Gasteiger partial charge is 0.493 e. The van der Waals surface area contributed by atoms with Crippen LogP contribution in [0.5, 0.6) is 11.5 Å². The van der Waals surface area contributed by atoms with Gasteiger partial charge >= 0.3 is 0 Å². The molecule has 0 aliphatic carbocycles. The first-order valence-corrected chi connectivity index (χ1v) is 10.9. The SMILES string of the molecule is COc1ccc(S(=O)(=O)N2CCC[C@@H](C(=O)N(C)c3ccccc3)C2)cc1OC. The highest BCUT2D eigenvalue weighted by atomic mass is 32.2. The molecule has 0 N–H and O–H groups in total. The molecule has 1 heterocycles. The maximum Gasteiger partial charge on any atom is 0.243 e. The van der Waals surface area contributed by atoms with Crippen LogP contribution in [0.2, 0.25) is 0 Å². The van der Waals surface area contributed by atoms with E-state index in [-0.39, 0.29) is 23.3 Å². The lowest BCUT2D eigenvalue weighted by molar-refractivity contribution is -0.123. The molecule has 2 aromatic rings. The van der Waals surface area contributed by atoms with Crippen LogP contribution in [0.3, 0.4) is 0 Å². The number of hydrogen-bond donors (Lipinski definition) is 0. The smallest absolute Gasteiger partial charge is 0.243 e. The number of nitrogens with zero attached hydrogens (tertiary/aromatic N) is 2. The van der Waals surface area contributed by atoms with Crippen molar-refractivity contribution in [2.24, 2.45) is 5.92 Å². The average molecular weight is 419 g/mol. The van der Waals surface area contributed by atoms with Crippen molar-refractivity contribution in [2.45, 2.75) is 17.7 Å². The van der Waals surface area contributed by atoms with E-state index in [0.29, 0.717) is 30.9 Å². The molecule has 7 nitrogen and oxygen atoms in total. The molecule has 1 aliphatic rings. The number of rotatable bonds is 6. The van der Waals surface area contributed by atoms with E-state index in [1.165, 1.54) is 30.7 Å². The van der Waals surface area contributed by atoms with E-state index in [2.05, 4.69) is 0 Å². The Balaban J connectivity index is 1.80. The van der Waals surface area contributed by atoms with Crippen molar-refractivity contribution in [1.82, 2.24) is 4.31 Å². The molecule has 1 fully saturated rings. The molecular weight excluding hydrogens is 392 g/mol. The number of piperidine rings is 1. The molecule has 0 spiro atoms. The van der Waals surface area contributed by atoms with Crippen LogP contribution in [0.15, 0.2) is 53.4 Å². The molecule has 0 radical (unpaired) electrons. The third-order valence-electron chi connectivity index (χ3n) is 5.20. The van der Waals surface area contributed by atoms with Gasteiger partial charge in [-0.3, -0.25) is 4.79 Å². The summed E-state index contributed by atoms with van der Waals surface area (Å²) in [5.41, 5.74) is 0.789. The maximum absolute atomic E-state index is 13.2. The number of carbonyl (C=O) groups excluding carboxylic acids is 1. The van der Waals surface area contributed by atoms with E-state index < -0.39 is 10.0 Å². The number of methoxy groups -OCH3 is 2. The van der Waals surface area contributed by atoms with Crippen LogP contribution in [-0.2, 0) is 14.8 Å². The summed E-state index contributed by atoms with van der Waals surface area (Å²) in [6.45, 7) is 0.544. The van der Waals surface area contributed by atoms with Crippen LogP contribution < -0.4 is 14.4 Å². The molecule has 0 unspecified atom stereocenters. The van der Waals surface area contributed by atoms with Gasteiger partial charge in [-0.25, -0.2) is 8.42 Å². The van der Waals surface area contributed by atoms with Gasteiger partial charge in [0.15, 0.2) is 11.5 Å². The summed E-state index contributed by atoms with van der Waals surface area (Å²) in [7, 11) is 0.930. The fraction of sp³-hybridized carbons (Fsp3) is 0.381. The normalized spacial score (nSPS) is 17.6. The number of ether oxygens (including phenoxy) is 2. The first kappa shape index (κ1) is 21.1. The minimum Gasteiger partial charge on any atom is -0.493 e. The average Bonchev–Trinajstić information content (AvgIpc) is 2.78. The van der Waals surface area contributed by atoms with E-state index >= 15 is 0 Å². The highest BCUT2D eigenvalue weighted by molar-refractivity contribution is 7.89. The van der Waals surface area contributed by atoms with Crippen molar-refractivity contribution < 1.29 is 22.7 Å². The number of benzene rings is 2. The van der Waals surface area contributed by atoms with Gasteiger partial charge in [0.05, 0.1) is 25.0 Å². The quantitative estimate of drug-likeness (QED) is 0.721. The first-order valence-electron chi connectivity index (χ1n) is 9.43. The van der Waals surface area contributed by atoms with E-state index in [0.717, 1.165) is 5.69 Å². The lowest BCUT2D eigenvalue weighted by Crippen LogP contribution is -2.45. The standard InChI is InChI=1S/C21H26N2O5S/c1-22(17-9-5-4-6-10-17)21(24)16-8-7-13-23(15-16)29(25,26)18-11-12-19(27-2)20(14-18)28-3/h4-6,9-12,14,16H,7-8,13,15H2,1-3H3/t16-/m1/s1. The Morgan fingerprint density at radius 2 is 1.76 bits per heavy atom. The highest BCUT2D eigenvalue weighted by Gasteiger charge is 2.35. The fourth-order valence-corrected chi connectivity index (χ4v) is 5.08. The summed E-state index contributed by atoms with van der Waals surface area (Å²) in [6, 6.07) is 13.9. The Bertz CT molecular complexity index is 962. The predicted molar refractivity (Wildman–Crippen MR) is 111 cm³/mol. The number of para-hydroxylation sites is 1. The van der Waals surface area contributed by atoms with Crippen molar-refractivity contribution in [3.8, 4) is 11.5 Å². The van der Waals surface area contributed by atoms with Gasteiger partial charge in [-0.15, -0.1) is 0 Å². The molecule has 1 atom stereocenters. The maximum atomic E-state index is 13.2. The van der Waals surface area contributed by atoms with E-state index in [4.69, 9.17) is 9.47 Å². The zero-order chi connectivity index (χ0) is 21.0. The van der Waals surface area contributed by atoms with E-state index in [1.807, 2.05) is 30.3 Å². The van der Waals surface area contributed by atoms with Gasteiger partial charge in [-0.2, -0.15) is 4.31 Å². The number of anilines is 1. The molecule has 2 aromatic carbocycles. The van der Waals surface area contributed by atoms with E-state index in [1.54, 1.807) is 18.0 Å². The number of carbonyl (C=O) groups is 1. The Morgan fingerprint density at radius 3 is 2.41 bits per heavy atom. The summed E-state index contributed by atoms with van der Waals surface area (Å²) in [4.78, 5) is 14.7. The second-order valence-corrected chi connectivity index (χ2v) is 8.89. The predicted octanol–water partition coefficient (Wildman–Crippen LogP) is 2.77. The molecule has 3 rings (SSSR count). The number of amides is 1. The van der Waals surface area contributed by atoms with Crippen LogP contribution in [0.1, 0.15) is 12.8 Å². The monoisotopic (exact) mass is 418 g/mol. The molecule has 8 heteroatoms. The third-order valence-corrected chi connectivity index (χ3v) is 7.06. The van der Waals surface area contributed by atoms with Crippen LogP contribution in [0.4, 0.5) is 5.69 Å². The van der Waals surface area contributed by atoms with Crippen LogP contribution >= 0.6 is 0 Å². The Morgan fingerprint density at radius 1 is 1.07 bits per heavy atom. The Kier molecular flexibility index (Phi) is 6.44. The summed E-state index contributed by atoms with van der Waals surface area (Å²) < 4.78 is 38.1. The molecule has 0 saturated carbocycles. The van der Waals surface area contributed by atoms with Crippen LogP contribution in [-0.4, -0.2) is 53.0 Å². The molecular formula is C21H26N2O5S. The topological polar surface area (TPSA) is 76.2 Å². The molecule has 1 saturated heterocycles. The lowest BCUT2D eigenvalue weighted by atomic mass is 9.98. The van der Waals surface area contributed by atoms with Crippen molar-refractivity contribution in [1.29, 1.82) is 0 Å². The minimum atomic E-state index is -3.75. The second-order valence-electron chi connectivity index (χ2n) is 6.95. The van der Waals surface area contributed by atoms with Gasteiger partial charge in [-0.1, -0.05) is 18.2 Å². The van der Waals surface area contributed by atoms with Gasteiger partial charge in [0.1, 0.15) is 0 Å². The summed E-state index contributed by atoms with van der Waals surface area (Å²) >= 11 is 0. The van der Waals surface area contributed by atoms with Gasteiger partial charge < -0.3 is 14.4 Å². The van der Waals surface area contributed by atoms with Gasteiger partial charge in [-0.05, 0) is 37.1 Å². The fourth-order valence-electron chi connectivity index (χ4n) is 3.54. The third kappa shape index (κ3) is 4.38. The van der Waals surface area contributed by atoms with E-state index in [9.17, 15) is 13.2 Å². The summed E-state index contributed by atoms with van der Waals surface area (Å²) in [5.74, 6) is 0.344. The number of hydrogen-bond acceptors (Lipinski definition) is 5. The van der Waals surface area contributed by atoms with Crippen molar-refractivity contribution in [3.63, 3.8) is 0 Å². The van der Waals surface area contributed by atoms with Gasteiger partial charge in [0.25, 0.3) is 0 Å². The highest BCUT2D eigenvalue weighted by Crippen LogP contribution is 2.32. The zero-order valence-corrected chi connectivity index (χ0v) is 17.7. The Labute approximate surface area is 171 Å². The minimum absolute atomic E-state index is 0.0802. The van der Waals surface area contributed by atoms with Gasteiger partial charge in [0, 0.05) is 31.9 Å². The van der Waals surface area contributed by atoms with Crippen molar-refractivity contribution in [2.75, 3.05) is 39.3 Å².